The zero-order valence-electron chi connectivity index (χ0n) is 17.1. The van der Waals surface area contributed by atoms with E-state index in [1.54, 1.807) is 0 Å². The van der Waals surface area contributed by atoms with E-state index in [0.717, 1.165) is 31.6 Å². The van der Waals surface area contributed by atoms with E-state index in [4.69, 9.17) is 4.99 Å². The van der Waals surface area contributed by atoms with Crippen molar-refractivity contribution in [3.05, 3.63) is 12.7 Å². The van der Waals surface area contributed by atoms with E-state index in [1.165, 1.54) is 11.5 Å². The second-order valence-electron chi connectivity index (χ2n) is 7.99. The molecule has 25 heavy (non-hydrogen) atoms. The maximum atomic E-state index is 12.2. The van der Waals surface area contributed by atoms with Crippen LogP contribution in [0, 0.1) is 23.7 Å². The van der Waals surface area contributed by atoms with Gasteiger partial charge in [0.2, 0.25) is 5.91 Å². The number of aliphatic imine (C=N–C) groups is 1. The molecule has 0 aromatic heterocycles. The normalized spacial score (nSPS) is 22.0. The summed E-state index contributed by atoms with van der Waals surface area (Å²) in [6.45, 7) is 15.8. The third-order valence-electron chi connectivity index (χ3n) is 5.61. The summed E-state index contributed by atoms with van der Waals surface area (Å²) >= 11 is 1.90. The molecule has 3 nitrogen and oxygen atoms in total. The van der Waals surface area contributed by atoms with Crippen molar-refractivity contribution in [1.82, 2.24) is 4.90 Å². The lowest BCUT2D eigenvalue weighted by Gasteiger charge is -2.26. The van der Waals surface area contributed by atoms with Crippen molar-refractivity contribution in [1.29, 1.82) is 0 Å². The molecule has 4 heteroatoms. The Bertz CT molecular complexity index is 463. The molecule has 0 aromatic rings. The number of carbonyl (C=O) groups excluding carboxylic acids is 1. The molecular weight excluding hydrogens is 328 g/mol. The molecule has 1 aliphatic rings. The van der Waals surface area contributed by atoms with Crippen LogP contribution in [0.1, 0.15) is 60.3 Å². The average molecular weight is 367 g/mol. The molecule has 0 fully saturated rings. The van der Waals surface area contributed by atoms with Crippen LogP contribution in [0.4, 0.5) is 0 Å². The Balaban J connectivity index is 2.34. The maximum Gasteiger partial charge on any atom is 0.225 e. The van der Waals surface area contributed by atoms with Crippen molar-refractivity contribution in [2.75, 3.05) is 19.3 Å². The number of rotatable bonds is 11. The Morgan fingerprint density at radius 3 is 2.60 bits per heavy atom. The summed E-state index contributed by atoms with van der Waals surface area (Å²) in [5.74, 6) is 3.46. The van der Waals surface area contributed by atoms with Crippen LogP contribution in [0.15, 0.2) is 17.6 Å². The largest absolute Gasteiger partial charge is 0.346 e. The minimum Gasteiger partial charge on any atom is -0.346 e. The van der Waals surface area contributed by atoms with Gasteiger partial charge in [-0.1, -0.05) is 40.7 Å². The Morgan fingerprint density at radius 1 is 1.36 bits per heavy atom. The molecule has 0 saturated heterocycles. The van der Waals surface area contributed by atoms with E-state index in [2.05, 4.69) is 34.3 Å². The fourth-order valence-electron chi connectivity index (χ4n) is 3.21. The summed E-state index contributed by atoms with van der Waals surface area (Å²) in [5.41, 5.74) is 0. The number of nitrogens with zero attached hydrogens (tertiary/aromatic N) is 2. The monoisotopic (exact) mass is 366 g/mol. The summed E-state index contributed by atoms with van der Waals surface area (Å²) < 4.78 is 0. The summed E-state index contributed by atoms with van der Waals surface area (Å²) in [4.78, 5) is 18.8. The zero-order chi connectivity index (χ0) is 19.0. The number of amides is 1. The smallest absolute Gasteiger partial charge is 0.225 e. The van der Waals surface area contributed by atoms with E-state index in [-0.39, 0.29) is 11.8 Å². The molecule has 0 aliphatic carbocycles. The summed E-state index contributed by atoms with van der Waals surface area (Å²) in [7, 11) is 1.94. The van der Waals surface area contributed by atoms with Crippen molar-refractivity contribution in [2.24, 2.45) is 28.7 Å². The van der Waals surface area contributed by atoms with Gasteiger partial charge in [-0.2, -0.15) is 0 Å². The topological polar surface area (TPSA) is 32.7 Å². The first-order valence-corrected chi connectivity index (χ1v) is 10.8. The molecule has 0 bridgehead atoms. The summed E-state index contributed by atoms with van der Waals surface area (Å²) in [5, 5.41) is 1.30. The number of carbonyl (C=O) groups is 1. The van der Waals surface area contributed by atoms with Gasteiger partial charge in [-0.05, 0) is 43.4 Å². The van der Waals surface area contributed by atoms with E-state index < -0.39 is 0 Å². The van der Waals surface area contributed by atoms with Crippen molar-refractivity contribution in [2.45, 2.75) is 66.3 Å². The predicted molar refractivity (Wildman–Crippen MR) is 112 cm³/mol. The molecule has 0 radical (unpaired) electrons. The average Bonchev–Trinajstić information content (AvgIpc) is 3.05. The van der Waals surface area contributed by atoms with Crippen molar-refractivity contribution >= 4 is 22.7 Å². The highest BCUT2D eigenvalue weighted by Gasteiger charge is 2.22. The highest BCUT2D eigenvalue weighted by molar-refractivity contribution is 8.14. The maximum absolute atomic E-state index is 12.2. The fraction of sp³-hybridized carbons (Fsp3) is 0.810. The number of thioether (sulfide) groups is 1. The third kappa shape index (κ3) is 7.55. The van der Waals surface area contributed by atoms with Crippen LogP contribution in [0.2, 0.25) is 0 Å². The molecule has 0 saturated carbocycles. The van der Waals surface area contributed by atoms with Gasteiger partial charge in [0.05, 0.1) is 11.1 Å². The lowest BCUT2D eigenvalue weighted by atomic mass is 9.84. The SMILES string of the molecule is C=C[C@H]1CSC(C[C@@H](C)[C@@H](C)C[C@H](C)CCN(C)C(=O)[C@@H](C)CC)=N1. The van der Waals surface area contributed by atoms with Crippen molar-refractivity contribution in [3.63, 3.8) is 0 Å². The molecule has 1 aliphatic heterocycles. The third-order valence-corrected chi connectivity index (χ3v) is 6.73. The molecule has 144 valence electrons. The number of hydrogen-bond donors (Lipinski definition) is 0. The fourth-order valence-corrected chi connectivity index (χ4v) is 4.37. The lowest BCUT2D eigenvalue weighted by molar-refractivity contribution is -0.133. The number of hydrogen-bond acceptors (Lipinski definition) is 3. The molecule has 1 rings (SSSR count). The highest BCUT2D eigenvalue weighted by atomic mass is 32.2. The van der Waals surface area contributed by atoms with E-state index in [9.17, 15) is 4.79 Å². The van der Waals surface area contributed by atoms with Gasteiger partial charge < -0.3 is 4.90 Å². The van der Waals surface area contributed by atoms with Gasteiger partial charge in [-0.25, -0.2) is 0 Å². The molecular formula is C21H38N2OS. The van der Waals surface area contributed by atoms with Gasteiger partial charge in [0.1, 0.15) is 0 Å². The molecule has 0 N–H and O–H groups in total. The second-order valence-corrected chi connectivity index (χ2v) is 9.09. The van der Waals surface area contributed by atoms with Gasteiger partial charge >= 0.3 is 0 Å². The van der Waals surface area contributed by atoms with E-state index in [1.807, 2.05) is 36.7 Å². The molecule has 0 spiro atoms. The van der Waals surface area contributed by atoms with Gasteiger partial charge in [0, 0.05) is 25.3 Å². The minimum atomic E-state index is 0.142. The van der Waals surface area contributed by atoms with Crippen molar-refractivity contribution < 1.29 is 4.79 Å². The molecule has 5 atom stereocenters. The lowest BCUT2D eigenvalue weighted by Crippen LogP contribution is -2.33. The molecule has 1 amide bonds. The van der Waals surface area contributed by atoms with Gasteiger partial charge in [-0.3, -0.25) is 9.79 Å². The van der Waals surface area contributed by atoms with E-state index in [0.29, 0.717) is 23.8 Å². The van der Waals surface area contributed by atoms with E-state index >= 15 is 0 Å². The molecule has 0 unspecified atom stereocenters. The Morgan fingerprint density at radius 2 is 2.04 bits per heavy atom. The molecule has 0 aromatic carbocycles. The quantitative estimate of drug-likeness (QED) is 0.467. The first kappa shape index (κ1) is 22.3. The highest BCUT2D eigenvalue weighted by Crippen LogP contribution is 2.29. The van der Waals surface area contributed by atoms with Crippen LogP contribution < -0.4 is 0 Å². The Kier molecular flexibility index (Phi) is 9.84. The van der Waals surface area contributed by atoms with Crippen LogP contribution >= 0.6 is 11.8 Å². The van der Waals surface area contributed by atoms with Crippen LogP contribution in [0.5, 0.6) is 0 Å². The van der Waals surface area contributed by atoms with Crippen LogP contribution in [-0.2, 0) is 4.79 Å². The Hall–Kier alpha value is -0.770. The van der Waals surface area contributed by atoms with Gasteiger partial charge in [0.15, 0.2) is 0 Å². The zero-order valence-corrected chi connectivity index (χ0v) is 17.9. The van der Waals surface area contributed by atoms with Crippen LogP contribution in [-0.4, -0.2) is 41.2 Å². The van der Waals surface area contributed by atoms with Crippen LogP contribution in [0.3, 0.4) is 0 Å². The van der Waals surface area contributed by atoms with Gasteiger partial charge in [0.25, 0.3) is 0 Å². The minimum absolute atomic E-state index is 0.142. The Labute approximate surface area is 159 Å². The second kappa shape index (κ2) is 11.1. The van der Waals surface area contributed by atoms with Gasteiger partial charge in [-0.15, -0.1) is 18.3 Å². The predicted octanol–water partition coefficient (Wildman–Crippen LogP) is 5.27. The first-order chi connectivity index (χ1) is 11.8. The first-order valence-electron chi connectivity index (χ1n) is 9.85. The van der Waals surface area contributed by atoms with Crippen molar-refractivity contribution in [3.8, 4) is 0 Å². The van der Waals surface area contributed by atoms with Crippen LogP contribution in [0.25, 0.3) is 0 Å². The standard InChI is InChI=1S/C21H38N2OS/c1-8-16(4)21(24)23(7)11-10-15(3)12-17(5)18(6)13-20-22-19(9-2)14-25-20/h9,15-19H,2,8,10-14H2,1,3-7H3/t15-,16+,17+,18-,19+/m1/s1. The molecule has 1 heterocycles. The summed E-state index contributed by atoms with van der Waals surface area (Å²) in [6.07, 6.45) is 6.27. The summed E-state index contributed by atoms with van der Waals surface area (Å²) in [6, 6.07) is 0.319.